The Balaban J connectivity index is 1.83. The Bertz CT molecular complexity index is 1040. The monoisotopic (exact) mass is 403 g/mol. The van der Waals surface area contributed by atoms with Gasteiger partial charge in [-0.25, -0.2) is 22.5 Å². The van der Waals surface area contributed by atoms with Crippen LogP contribution in [0.3, 0.4) is 0 Å². The summed E-state index contributed by atoms with van der Waals surface area (Å²) in [6.45, 7) is 3.50. The van der Waals surface area contributed by atoms with Gasteiger partial charge in [0, 0.05) is 11.6 Å². The molecule has 2 N–H and O–H groups in total. The van der Waals surface area contributed by atoms with E-state index in [9.17, 15) is 17.9 Å². The van der Waals surface area contributed by atoms with Crippen molar-refractivity contribution in [1.82, 2.24) is 9.71 Å². The van der Waals surface area contributed by atoms with Gasteiger partial charge in [0.2, 0.25) is 10.0 Å². The number of aryl methyl sites for hydroxylation is 1. The molecule has 0 radical (unpaired) electrons. The average Bonchev–Trinajstić information content (AvgIpc) is 2.64. The Kier molecular flexibility index (Phi) is 5.53. The predicted molar refractivity (Wildman–Crippen MR) is 102 cm³/mol. The number of pyridine rings is 1. The van der Waals surface area contributed by atoms with Crippen molar-refractivity contribution >= 4 is 10.0 Å². The first-order valence-electron chi connectivity index (χ1n) is 9.04. The summed E-state index contributed by atoms with van der Waals surface area (Å²) < 4.78 is 41.7. The number of halogens is 1. The number of rotatable bonds is 4. The van der Waals surface area contributed by atoms with Gasteiger partial charge in [0.15, 0.2) is 11.5 Å². The number of nitrogens with zero attached hydrogens (tertiary/aromatic N) is 2. The summed E-state index contributed by atoms with van der Waals surface area (Å²) in [5.41, 5.74) is 0.650. The van der Waals surface area contributed by atoms with Gasteiger partial charge < -0.3 is 5.11 Å². The van der Waals surface area contributed by atoms with E-state index >= 15 is 0 Å². The molecule has 1 aromatic heterocycles. The molecule has 0 saturated heterocycles. The minimum Gasteiger partial charge on any atom is -0.390 e. The van der Waals surface area contributed by atoms with Crippen molar-refractivity contribution in [2.24, 2.45) is 0 Å². The number of benzene rings is 1. The number of nitrogens with one attached hydrogen (secondary N) is 1. The van der Waals surface area contributed by atoms with Crippen LogP contribution in [0, 0.1) is 24.1 Å². The highest BCUT2D eigenvalue weighted by Gasteiger charge is 2.31. The average molecular weight is 403 g/mol. The zero-order valence-corrected chi connectivity index (χ0v) is 16.6. The van der Waals surface area contributed by atoms with E-state index in [0.717, 1.165) is 0 Å². The summed E-state index contributed by atoms with van der Waals surface area (Å²) >= 11 is 0. The Morgan fingerprint density at radius 2 is 1.96 bits per heavy atom. The lowest BCUT2D eigenvalue weighted by atomic mass is 9.84. The van der Waals surface area contributed by atoms with Gasteiger partial charge in [0.25, 0.3) is 0 Å². The fourth-order valence-corrected chi connectivity index (χ4v) is 4.80. The lowest BCUT2D eigenvalue weighted by Gasteiger charge is -2.33. The summed E-state index contributed by atoms with van der Waals surface area (Å²) in [6, 6.07) is 8.74. The molecule has 0 amide bonds. The maximum absolute atomic E-state index is 13.5. The molecule has 0 atom stereocenters. The van der Waals surface area contributed by atoms with E-state index in [4.69, 9.17) is 5.26 Å². The van der Waals surface area contributed by atoms with E-state index in [1.165, 1.54) is 24.3 Å². The van der Waals surface area contributed by atoms with Gasteiger partial charge >= 0.3 is 0 Å². The molecular formula is C20H22FN3O3S. The highest BCUT2D eigenvalue weighted by Crippen LogP contribution is 2.29. The smallest absolute Gasteiger partial charge is 0.240 e. The van der Waals surface area contributed by atoms with Crippen molar-refractivity contribution < 1.29 is 17.9 Å². The van der Waals surface area contributed by atoms with Gasteiger partial charge in [-0.1, -0.05) is 6.07 Å². The van der Waals surface area contributed by atoms with Crippen LogP contribution in [0.15, 0.2) is 35.2 Å². The fourth-order valence-electron chi connectivity index (χ4n) is 3.41. The zero-order valence-electron chi connectivity index (χ0n) is 15.7. The molecule has 0 aliphatic heterocycles. The molecule has 0 spiro atoms. The van der Waals surface area contributed by atoms with Crippen LogP contribution in [-0.2, 0) is 10.0 Å². The maximum atomic E-state index is 13.5. The fraction of sp³-hybridized carbons (Fsp3) is 0.400. The minimum atomic E-state index is -3.70. The molecule has 1 aliphatic carbocycles. The van der Waals surface area contributed by atoms with Crippen LogP contribution >= 0.6 is 0 Å². The van der Waals surface area contributed by atoms with Gasteiger partial charge in [0.1, 0.15) is 6.07 Å². The molecule has 1 aromatic carbocycles. The van der Waals surface area contributed by atoms with E-state index in [-0.39, 0.29) is 16.6 Å². The van der Waals surface area contributed by atoms with Gasteiger partial charge in [-0.2, -0.15) is 5.26 Å². The van der Waals surface area contributed by atoms with Crippen molar-refractivity contribution in [1.29, 1.82) is 5.26 Å². The van der Waals surface area contributed by atoms with E-state index in [2.05, 4.69) is 9.71 Å². The predicted octanol–water partition coefficient (Wildman–Crippen LogP) is 3.04. The highest BCUT2D eigenvalue weighted by molar-refractivity contribution is 7.89. The van der Waals surface area contributed by atoms with E-state index in [0.29, 0.717) is 42.5 Å². The van der Waals surface area contributed by atoms with Crippen LogP contribution < -0.4 is 4.72 Å². The minimum absolute atomic E-state index is 0.133. The summed E-state index contributed by atoms with van der Waals surface area (Å²) in [5, 5.41) is 19.0. The van der Waals surface area contributed by atoms with Gasteiger partial charge in [-0.3, -0.25) is 0 Å². The second-order valence-electron chi connectivity index (χ2n) is 7.51. The Labute approximate surface area is 164 Å². The summed E-state index contributed by atoms with van der Waals surface area (Å²) in [4.78, 5) is 4.13. The van der Waals surface area contributed by atoms with Crippen LogP contribution in [-0.4, -0.2) is 30.2 Å². The summed E-state index contributed by atoms with van der Waals surface area (Å²) in [6.07, 6.45) is 2.27. The first-order chi connectivity index (χ1) is 13.1. The van der Waals surface area contributed by atoms with Crippen LogP contribution in [0.4, 0.5) is 4.39 Å². The lowest BCUT2D eigenvalue weighted by Crippen LogP contribution is -2.42. The van der Waals surface area contributed by atoms with Crippen molar-refractivity contribution in [3.05, 3.63) is 47.4 Å². The third kappa shape index (κ3) is 4.38. The van der Waals surface area contributed by atoms with Crippen LogP contribution in [0.25, 0.3) is 11.3 Å². The number of nitriles is 1. The Morgan fingerprint density at radius 3 is 2.57 bits per heavy atom. The molecule has 1 fully saturated rings. The van der Waals surface area contributed by atoms with Crippen LogP contribution in [0.5, 0.6) is 0 Å². The molecule has 1 saturated carbocycles. The quantitative estimate of drug-likeness (QED) is 0.817. The highest BCUT2D eigenvalue weighted by atomic mass is 32.2. The molecule has 0 unspecified atom stereocenters. The lowest BCUT2D eigenvalue weighted by molar-refractivity contribution is 0.0163. The van der Waals surface area contributed by atoms with E-state index < -0.39 is 21.4 Å². The summed E-state index contributed by atoms with van der Waals surface area (Å²) in [5.74, 6) is -0.696. The maximum Gasteiger partial charge on any atom is 0.240 e. The van der Waals surface area contributed by atoms with Crippen LogP contribution in [0.2, 0.25) is 0 Å². The molecular weight excluding hydrogens is 381 g/mol. The third-order valence-electron chi connectivity index (χ3n) is 5.12. The standard InChI is InChI=1S/C20H22FN3O3S/c1-13-11-15(28(26,27)24-14-7-9-20(2,25)10-8-14)3-4-16(13)18-6-5-17(21)19(12-22)23-18/h3-6,11,14,24-25H,7-10H2,1-2H3. The third-order valence-corrected chi connectivity index (χ3v) is 6.64. The van der Waals surface area contributed by atoms with E-state index in [1.807, 2.05) is 0 Å². The van der Waals surface area contributed by atoms with Crippen molar-refractivity contribution in [3.63, 3.8) is 0 Å². The van der Waals surface area contributed by atoms with Gasteiger partial charge in [-0.15, -0.1) is 0 Å². The molecule has 6 nitrogen and oxygen atoms in total. The molecule has 1 aliphatic rings. The zero-order chi connectivity index (χ0) is 20.5. The van der Waals surface area contributed by atoms with Crippen molar-refractivity contribution in [2.45, 2.75) is 56.1 Å². The molecule has 28 heavy (non-hydrogen) atoms. The second kappa shape index (κ2) is 7.59. The van der Waals surface area contributed by atoms with E-state index in [1.54, 1.807) is 26.0 Å². The van der Waals surface area contributed by atoms with Crippen LogP contribution in [0.1, 0.15) is 43.9 Å². The topological polar surface area (TPSA) is 103 Å². The van der Waals surface area contributed by atoms with Crippen molar-refractivity contribution in [3.8, 4) is 17.3 Å². The molecule has 3 rings (SSSR count). The number of sulfonamides is 1. The molecule has 1 heterocycles. The molecule has 148 valence electrons. The van der Waals surface area contributed by atoms with Gasteiger partial charge in [-0.05, 0) is 69.4 Å². The molecule has 8 heteroatoms. The number of hydrogen-bond acceptors (Lipinski definition) is 5. The number of aromatic nitrogens is 1. The second-order valence-corrected chi connectivity index (χ2v) is 9.22. The molecule has 0 bridgehead atoms. The largest absolute Gasteiger partial charge is 0.390 e. The molecule has 2 aromatic rings. The number of aliphatic hydroxyl groups is 1. The number of hydrogen-bond donors (Lipinski definition) is 2. The van der Waals surface area contributed by atoms with Gasteiger partial charge in [0.05, 0.1) is 16.2 Å². The summed E-state index contributed by atoms with van der Waals surface area (Å²) in [7, 11) is -3.70. The van der Waals surface area contributed by atoms with Crippen molar-refractivity contribution in [2.75, 3.05) is 0 Å². The first kappa shape index (κ1) is 20.4. The normalized spacial score (nSPS) is 22.6. The SMILES string of the molecule is Cc1cc(S(=O)(=O)NC2CCC(C)(O)CC2)ccc1-c1ccc(F)c(C#N)n1. The Morgan fingerprint density at radius 1 is 1.29 bits per heavy atom. The Hall–Kier alpha value is -2.34. The first-order valence-corrected chi connectivity index (χ1v) is 10.5.